The zero-order chi connectivity index (χ0) is 12.1. The van der Waals surface area contributed by atoms with Crippen molar-refractivity contribution in [3.63, 3.8) is 0 Å². The average Bonchev–Trinajstić information content (AvgIpc) is 2.33. The Morgan fingerprint density at radius 2 is 2.06 bits per heavy atom. The van der Waals surface area contributed by atoms with Crippen molar-refractivity contribution in [2.45, 2.75) is 38.1 Å². The Morgan fingerprint density at radius 1 is 1.29 bits per heavy atom. The summed E-state index contributed by atoms with van der Waals surface area (Å²) in [7, 11) is 0. The van der Waals surface area contributed by atoms with Gasteiger partial charge in [-0.1, -0.05) is 19.3 Å². The molecule has 2 N–H and O–H groups in total. The number of rotatable bonds is 2. The number of nitrogens with zero attached hydrogens (tertiary/aromatic N) is 1. The number of thiocarbonyl (C=S) groups is 1. The van der Waals surface area contributed by atoms with Crippen LogP contribution in [0.1, 0.15) is 32.1 Å². The first kappa shape index (κ1) is 12.8. The predicted octanol–water partition coefficient (Wildman–Crippen LogP) is 3.46. The molecule has 0 aromatic carbocycles. The van der Waals surface area contributed by atoms with Gasteiger partial charge in [-0.05, 0) is 53.1 Å². The first-order chi connectivity index (χ1) is 8.24. The average molecular weight is 314 g/mol. The van der Waals surface area contributed by atoms with Crippen molar-refractivity contribution in [1.29, 1.82) is 0 Å². The van der Waals surface area contributed by atoms with Crippen LogP contribution in [-0.2, 0) is 0 Å². The lowest BCUT2D eigenvalue weighted by molar-refractivity contribution is 0.415. The minimum absolute atomic E-state index is 0.527. The highest BCUT2D eigenvalue weighted by Crippen LogP contribution is 2.17. The molecule has 0 aliphatic heterocycles. The van der Waals surface area contributed by atoms with Crippen LogP contribution in [0.15, 0.2) is 22.8 Å². The fraction of sp³-hybridized carbons (Fsp3) is 0.500. The van der Waals surface area contributed by atoms with Gasteiger partial charge in [0.15, 0.2) is 5.11 Å². The molecule has 1 aromatic rings. The highest BCUT2D eigenvalue weighted by atomic mass is 79.9. The predicted molar refractivity (Wildman–Crippen MR) is 78.2 cm³/mol. The Bertz CT molecular complexity index is 374. The van der Waals surface area contributed by atoms with E-state index in [1.807, 2.05) is 12.1 Å². The molecular weight excluding hydrogens is 298 g/mol. The van der Waals surface area contributed by atoms with Crippen LogP contribution in [0, 0.1) is 0 Å². The molecule has 0 radical (unpaired) electrons. The third-order valence-corrected chi connectivity index (χ3v) is 3.60. The summed E-state index contributed by atoms with van der Waals surface area (Å²) in [5, 5.41) is 7.13. The molecule has 5 heteroatoms. The van der Waals surface area contributed by atoms with Crippen LogP contribution in [0.5, 0.6) is 0 Å². The van der Waals surface area contributed by atoms with Crippen molar-refractivity contribution in [2.75, 3.05) is 5.32 Å². The summed E-state index contributed by atoms with van der Waals surface area (Å²) in [5.74, 6) is 0.779. The van der Waals surface area contributed by atoms with Crippen molar-refractivity contribution < 1.29 is 0 Å². The largest absolute Gasteiger partial charge is 0.360 e. The fourth-order valence-corrected chi connectivity index (χ4v) is 2.54. The maximum atomic E-state index is 5.28. The van der Waals surface area contributed by atoms with Crippen LogP contribution in [0.25, 0.3) is 0 Å². The fourth-order valence-electron chi connectivity index (χ4n) is 2.03. The van der Waals surface area contributed by atoms with Crippen LogP contribution in [0.4, 0.5) is 5.82 Å². The van der Waals surface area contributed by atoms with E-state index >= 15 is 0 Å². The molecule has 1 aliphatic rings. The molecule has 2 rings (SSSR count). The lowest BCUT2D eigenvalue weighted by Crippen LogP contribution is -2.38. The van der Waals surface area contributed by atoms with Gasteiger partial charge in [0.05, 0.1) is 0 Å². The smallest absolute Gasteiger partial charge is 0.172 e. The second-order valence-electron chi connectivity index (χ2n) is 4.30. The molecule has 0 atom stereocenters. The van der Waals surface area contributed by atoms with Gasteiger partial charge >= 0.3 is 0 Å². The summed E-state index contributed by atoms with van der Waals surface area (Å²) >= 11 is 8.63. The van der Waals surface area contributed by atoms with Gasteiger partial charge < -0.3 is 10.6 Å². The standard InChI is InChI=1S/C12H16BrN3S/c13-9-6-7-11(14-8-9)16-12(17)15-10-4-2-1-3-5-10/h6-8,10H,1-5H2,(H2,14,15,16,17). The molecule has 1 heterocycles. The topological polar surface area (TPSA) is 37.0 Å². The molecule has 0 unspecified atom stereocenters. The second kappa shape index (κ2) is 6.31. The maximum absolute atomic E-state index is 5.28. The van der Waals surface area contributed by atoms with Gasteiger partial charge in [0.1, 0.15) is 5.82 Å². The summed E-state index contributed by atoms with van der Waals surface area (Å²) < 4.78 is 0.967. The Hall–Kier alpha value is -0.680. The molecule has 92 valence electrons. The van der Waals surface area contributed by atoms with E-state index in [4.69, 9.17) is 12.2 Å². The molecule has 1 saturated carbocycles. The van der Waals surface area contributed by atoms with E-state index in [1.54, 1.807) is 6.20 Å². The Balaban J connectivity index is 1.82. The Labute approximate surface area is 116 Å². The number of pyridine rings is 1. The molecule has 1 fully saturated rings. The quantitative estimate of drug-likeness (QED) is 0.820. The van der Waals surface area contributed by atoms with Crippen LogP contribution in [0.3, 0.4) is 0 Å². The van der Waals surface area contributed by atoms with Gasteiger partial charge in [-0.3, -0.25) is 0 Å². The van der Waals surface area contributed by atoms with E-state index in [2.05, 4.69) is 31.5 Å². The molecule has 17 heavy (non-hydrogen) atoms. The number of hydrogen-bond donors (Lipinski definition) is 2. The van der Waals surface area contributed by atoms with E-state index in [1.165, 1.54) is 32.1 Å². The second-order valence-corrected chi connectivity index (χ2v) is 5.62. The number of aromatic nitrogens is 1. The summed E-state index contributed by atoms with van der Waals surface area (Å²) in [6.45, 7) is 0. The number of halogens is 1. The monoisotopic (exact) mass is 313 g/mol. The zero-order valence-electron chi connectivity index (χ0n) is 9.58. The lowest BCUT2D eigenvalue weighted by atomic mass is 9.96. The van der Waals surface area contributed by atoms with E-state index in [-0.39, 0.29) is 0 Å². The summed E-state index contributed by atoms with van der Waals surface area (Å²) in [5.41, 5.74) is 0. The van der Waals surface area contributed by atoms with Crippen molar-refractivity contribution >= 4 is 39.1 Å². The number of anilines is 1. The molecular formula is C12H16BrN3S. The number of nitrogens with one attached hydrogen (secondary N) is 2. The lowest BCUT2D eigenvalue weighted by Gasteiger charge is -2.24. The maximum Gasteiger partial charge on any atom is 0.172 e. The SMILES string of the molecule is S=C(Nc1ccc(Br)cn1)NC1CCCCC1. The zero-order valence-corrected chi connectivity index (χ0v) is 12.0. The molecule has 3 nitrogen and oxygen atoms in total. The van der Waals surface area contributed by atoms with Gasteiger partial charge in [0.25, 0.3) is 0 Å². The molecule has 0 spiro atoms. The van der Waals surface area contributed by atoms with Crippen molar-refractivity contribution in [3.8, 4) is 0 Å². The van der Waals surface area contributed by atoms with Crippen LogP contribution in [0.2, 0.25) is 0 Å². The van der Waals surface area contributed by atoms with Gasteiger partial charge in [0.2, 0.25) is 0 Å². The summed E-state index contributed by atoms with van der Waals surface area (Å²) in [6.07, 6.45) is 8.15. The van der Waals surface area contributed by atoms with Crippen LogP contribution in [-0.4, -0.2) is 16.1 Å². The molecule has 0 saturated heterocycles. The van der Waals surface area contributed by atoms with Crippen molar-refractivity contribution in [1.82, 2.24) is 10.3 Å². The van der Waals surface area contributed by atoms with Gasteiger partial charge in [-0.2, -0.15) is 0 Å². The minimum atomic E-state index is 0.527. The first-order valence-corrected chi connectivity index (χ1v) is 7.13. The van der Waals surface area contributed by atoms with Crippen LogP contribution < -0.4 is 10.6 Å². The third-order valence-electron chi connectivity index (χ3n) is 2.91. The Kier molecular flexibility index (Phi) is 4.74. The summed E-state index contributed by atoms with van der Waals surface area (Å²) in [4.78, 5) is 4.23. The van der Waals surface area contributed by atoms with Crippen molar-refractivity contribution in [3.05, 3.63) is 22.8 Å². The highest BCUT2D eigenvalue weighted by molar-refractivity contribution is 9.10. The van der Waals surface area contributed by atoms with E-state index in [0.29, 0.717) is 11.2 Å². The van der Waals surface area contributed by atoms with Gasteiger partial charge in [-0.15, -0.1) is 0 Å². The summed E-state index contributed by atoms with van der Waals surface area (Å²) in [6, 6.07) is 4.37. The van der Waals surface area contributed by atoms with E-state index in [9.17, 15) is 0 Å². The van der Waals surface area contributed by atoms with Gasteiger partial charge in [0, 0.05) is 16.7 Å². The first-order valence-electron chi connectivity index (χ1n) is 5.93. The molecule has 1 aliphatic carbocycles. The minimum Gasteiger partial charge on any atom is -0.360 e. The number of hydrogen-bond acceptors (Lipinski definition) is 2. The molecule has 1 aromatic heterocycles. The molecule has 0 amide bonds. The Morgan fingerprint density at radius 3 is 2.71 bits per heavy atom. The highest BCUT2D eigenvalue weighted by Gasteiger charge is 2.13. The van der Waals surface area contributed by atoms with Gasteiger partial charge in [-0.25, -0.2) is 4.98 Å². The molecule has 0 bridgehead atoms. The van der Waals surface area contributed by atoms with E-state index < -0.39 is 0 Å². The van der Waals surface area contributed by atoms with E-state index in [0.717, 1.165) is 10.3 Å². The van der Waals surface area contributed by atoms with Crippen LogP contribution >= 0.6 is 28.1 Å². The third kappa shape index (κ3) is 4.24. The normalized spacial score (nSPS) is 16.5. The van der Waals surface area contributed by atoms with Crippen molar-refractivity contribution in [2.24, 2.45) is 0 Å².